The van der Waals surface area contributed by atoms with E-state index in [9.17, 15) is 9.59 Å². The molecule has 0 unspecified atom stereocenters. The van der Waals surface area contributed by atoms with Gasteiger partial charge in [-0.2, -0.15) is 0 Å². The second-order valence-electron chi connectivity index (χ2n) is 5.76. The third-order valence-corrected chi connectivity index (χ3v) is 4.30. The van der Waals surface area contributed by atoms with Gasteiger partial charge >= 0.3 is 5.97 Å². The smallest absolute Gasteiger partial charge is 0.303 e. The number of likely N-dealkylation sites (tertiary alicyclic amines) is 1. The summed E-state index contributed by atoms with van der Waals surface area (Å²) in [7, 11) is 0. The van der Waals surface area contributed by atoms with Crippen LogP contribution in [0.15, 0.2) is 0 Å². The van der Waals surface area contributed by atoms with Gasteiger partial charge in [0.15, 0.2) is 0 Å². The highest BCUT2D eigenvalue weighted by molar-refractivity contribution is 5.78. The van der Waals surface area contributed by atoms with Crippen LogP contribution in [0.1, 0.15) is 44.9 Å². The van der Waals surface area contributed by atoms with Gasteiger partial charge < -0.3 is 10.0 Å². The van der Waals surface area contributed by atoms with Gasteiger partial charge in [0.1, 0.15) is 0 Å². The van der Waals surface area contributed by atoms with E-state index >= 15 is 0 Å². The lowest BCUT2D eigenvalue weighted by Crippen LogP contribution is -2.51. The average Bonchev–Trinajstić information content (AvgIpc) is 3.13. The number of carboxylic acids is 1. The molecule has 1 heterocycles. The van der Waals surface area contributed by atoms with Crippen molar-refractivity contribution in [3.05, 3.63) is 0 Å². The zero-order valence-corrected chi connectivity index (χ0v) is 9.97. The van der Waals surface area contributed by atoms with Gasteiger partial charge in [-0.3, -0.25) is 9.59 Å². The Morgan fingerprint density at radius 2 is 1.94 bits per heavy atom. The molecule has 1 amide bonds. The summed E-state index contributed by atoms with van der Waals surface area (Å²) >= 11 is 0. The third kappa shape index (κ3) is 2.17. The van der Waals surface area contributed by atoms with E-state index in [1.165, 1.54) is 12.8 Å². The molecule has 0 aromatic carbocycles. The average molecular weight is 237 g/mol. The molecule has 0 bridgehead atoms. The number of amides is 1. The van der Waals surface area contributed by atoms with E-state index in [0.29, 0.717) is 18.4 Å². The predicted octanol–water partition coefficient (Wildman–Crippen LogP) is 1.64. The Labute approximate surface area is 101 Å². The molecule has 1 N–H and O–H groups in total. The van der Waals surface area contributed by atoms with Crippen LogP contribution in [0.2, 0.25) is 0 Å². The number of carboxylic acid groups (broad SMARTS) is 1. The third-order valence-electron chi connectivity index (χ3n) is 4.30. The molecule has 94 valence electrons. The standard InChI is InChI=1S/C13H19NO3/c15-11-6-3-9(7-12(16)17)13(8-1-2-8)14(11)10-4-5-10/h8-10,13H,1-7H2,(H,16,17)/t9-,13-/m1/s1. The van der Waals surface area contributed by atoms with Crippen LogP contribution in [0.25, 0.3) is 0 Å². The first-order valence-corrected chi connectivity index (χ1v) is 6.70. The zero-order valence-electron chi connectivity index (χ0n) is 9.97. The highest BCUT2D eigenvalue weighted by Crippen LogP contribution is 2.47. The van der Waals surface area contributed by atoms with Crippen LogP contribution in [0.3, 0.4) is 0 Å². The lowest BCUT2D eigenvalue weighted by atomic mass is 9.83. The second kappa shape index (κ2) is 4.00. The van der Waals surface area contributed by atoms with Crippen LogP contribution >= 0.6 is 0 Å². The molecule has 17 heavy (non-hydrogen) atoms. The number of aliphatic carboxylic acids is 1. The van der Waals surface area contributed by atoms with Crippen LogP contribution in [0.4, 0.5) is 0 Å². The molecular formula is C13H19NO3. The molecule has 0 spiro atoms. The van der Waals surface area contributed by atoms with E-state index in [2.05, 4.69) is 4.90 Å². The Balaban J connectivity index is 1.79. The summed E-state index contributed by atoms with van der Waals surface area (Å²) in [4.78, 5) is 25.0. The molecule has 2 atom stereocenters. The molecule has 2 saturated carbocycles. The van der Waals surface area contributed by atoms with Crippen molar-refractivity contribution in [2.75, 3.05) is 0 Å². The lowest BCUT2D eigenvalue weighted by molar-refractivity contribution is -0.146. The molecular weight excluding hydrogens is 218 g/mol. The van der Waals surface area contributed by atoms with Crippen molar-refractivity contribution in [1.29, 1.82) is 0 Å². The highest BCUT2D eigenvalue weighted by Gasteiger charge is 2.49. The SMILES string of the molecule is O=C(O)C[C@H]1CCC(=O)N(C2CC2)[C@@H]1C1CC1. The summed E-state index contributed by atoms with van der Waals surface area (Å²) < 4.78 is 0. The molecule has 0 aromatic rings. The van der Waals surface area contributed by atoms with Crippen molar-refractivity contribution in [1.82, 2.24) is 4.90 Å². The van der Waals surface area contributed by atoms with Crippen LogP contribution < -0.4 is 0 Å². The van der Waals surface area contributed by atoms with E-state index in [1.807, 2.05) is 0 Å². The Morgan fingerprint density at radius 1 is 1.24 bits per heavy atom. The van der Waals surface area contributed by atoms with Gasteiger partial charge in [-0.1, -0.05) is 0 Å². The number of rotatable bonds is 4. The minimum Gasteiger partial charge on any atom is -0.481 e. The van der Waals surface area contributed by atoms with Gasteiger partial charge in [-0.15, -0.1) is 0 Å². The normalized spacial score (nSPS) is 33.9. The molecule has 1 aliphatic heterocycles. The fraction of sp³-hybridized carbons (Fsp3) is 0.846. The first-order chi connectivity index (χ1) is 8.16. The number of carbonyl (C=O) groups is 2. The molecule has 4 nitrogen and oxygen atoms in total. The van der Waals surface area contributed by atoms with Gasteiger partial charge in [0.2, 0.25) is 5.91 Å². The fourth-order valence-corrected chi connectivity index (χ4v) is 3.30. The van der Waals surface area contributed by atoms with Gasteiger partial charge in [0, 0.05) is 18.5 Å². The molecule has 3 aliphatic rings. The van der Waals surface area contributed by atoms with E-state index < -0.39 is 5.97 Å². The fourth-order valence-electron chi connectivity index (χ4n) is 3.30. The van der Waals surface area contributed by atoms with Crippen LogP contribution in [0, 0.1) is 11.8 Å². The minimum absolute atomic E-state index is 0.193. The minimum atomic E-state index is -0.717. The van der Waals surface area contributed by atoms with E-state index in [0.717, 1.165) is 19.3 Å². The Hall–Kier alpha value is -1.06. The van der Waals surface area contributed by atoms with Crippen LogP contribution in [0.5, 0.6) is 0 Å². The highest BCUT2D eigenvalue weighted by atomic mass is 16.4. The van der Waals surface area contributed by atoms with Gasteiger partial charge in [-0.05, 0) is 43.9 Å². The van der Waals surface area contributed by atoms with Crippen molar-refractivity contribution < 1.29 is 14.7 Å². The van der Waals surface area contributed by atoms with Crippen molar-refractivity contribution in [2.45, 2.75) is 57.0 Å². The van der Waals surface area contributed by atoms with Gasteiger partial charge in [0.05, 0.1) is 6.42 Å². The Morgan fingerprint density at radius 3 is 2.47 bits per heavy atom. The monoisotopic (exact) mass is 237 g/mol. The number of carbonyl (C=O) groups excluding carboxylic acids is 1. The van der Waals surface area contributed by atoms with Crippen molar-refractivity contribution >= 4 is 11.9 Å². The number of hydrogen-bond donors (Lipinski definition) is 1. The molecule has 1 saturated heterocycles. The number of hydrogen-bond acceptors (Lipinski definition) is 2. The summed E-state index contributed by atoms with van der Waals surface area (Å²) in [5.41, 5.74) is 0. The number of nitrogens with zero attached hydrogens (tertiary/aromatic N) is 1. The van der Waals surface area contributed by atoms with Crippen molar-refractivity contribution in [3.63, 3.8) is 0 Å². The lowest BCUT2D eigenvalue weighted by Gasteiger charge is -2.41. The van der Waals surface area contributed by atoms with Gasteiger partial charge in [-0.25, -0.2) is 0 Å². The van der Waals surface area contributed by atoms with E-state index in [1.54, 1.807) is 0 Å². The summed E-state index contributed by atoms with van der Waals surface area (Å²) in [6, 6.07) is 0.671. The molecule has 3 rings (SSSR count). The maximum atomic E-state index is 12.0. The van der Waals surface area contributed by atoms with E-state index in [4.69, 9.17) is 5.11 Å². The topological polar surface area (TPSA) is 57.6 Å². The first-order valence-electron chi connectivity index (χ1n) is 6.70. The molecule has 4 heteroatoms. The van der Waals surface area contributed by atoms with E-state index in [-0.39, 0.29) is 24.3 Å². The molecule has 2 aliphatic carbocycles. The number of piperidine rings is 1. The van der Waals surface area contributed by atoms with Crippen LogP contribution in [-0.4, -0.2) is 34.0 Å². The maximum Gasteiger partial charge on any atom is 0.303 e. The van der Waals surface area contributed by atoms with Crippen molar-refractivity contribution in [3.8, 4) is 0 Å². The van der Waals surface area contributed by atoms with Crippen LogP contribution in [-0.2, 0) is 9.59 Å². The predicted molar refractivity (Wildman–Crippen MR) is 61.4 cm³/mol. The second-order valence-corrected chi connectivity index (χ2v) is 5.76. The molecule has 0 radical (unpaired) electrons. The largest absolute Gasteiger partial charge is 0.481 e. The molecule has 3 fully saturated rings. The summed E-state index contributed by atoms with van der Waals surface area (Å²) in [5.74, 6) is 0.333. The van der Waals surface area contributed by atoms with Crippen molar-refractivity contribution in [2.24, 2.45) is 11.8 Å². The summed E-state index contributed by atoms with van der Waals surface area (Å²) in [6.45, 7) is 0. The zero-order chi connectivity index (χ0) is 12.0. The summed E-state index contributed by atoms with van der Waals surface area (Å²) in [5, 5.41) is 8.99. The Kier molecular flexibility index (Phi) is 2.60. The quantitative estimate of drug-likeness (QED) is 0.808. The Bertz CT molecular complexity index is 347. The van der Waals surface area contributed by atoms with Gasteiger partial charge in [0.25, 0.3) is 0 Å². The first kappa shape index (κ1) is 11.1. The summed E-state index contributed by atoms with van der Waals surface area (Å²) in [6.07, 6.45) is 6.16. The molecule has 0 aromatic heterocycles. The maximum absolute atomic E-state index is 12.0.